The average molecular weight is 238 g/mol. The summed E-state index contributed by atoms with van der Waals surface area (Å²) in [5, 5.41) is 0. The third-order valence-electron chi connectivity index (χ3n) is 2.64. The Balaban J connectivity index is 2.47. The van der Waals surface area contributed by atoms with Crippen molar-refractivity contribution in [1.29, 1.82) is 0 Å². The Morgan fingerprint density at radius 2 is 1.88 bits per heavy atom. The zero-order valence-corrected chi connectivity index (χ0v) is 10.6. The van der Waals surface area contributed by atoms with E-state index in [9.17, 15) is 9.59 Å². The van der Waals surface area contributed by atoms with E-state index in [0.29, 0.717) is 18.2 Å². The van der Waals surface area contributed by atoms with Crippen molar-refractivity contribution < 1.29 is 0 Å². The van der Waals surface area contributed by atoms with E-state index in [4.69, 9.17) is 0 Å². The van der Waals surface area contributed by atoms with Crippen LogP contribution in [0.1, 0.15) is 20.8 Å². The Kier molecular flexibility index (Phi) is 2.52. The number of H-pyrrole nitrogens is 2. The minimum absolute atomic E-state index is 0.0883. The molecule has 6 heteroatoms. The van der Waals surface area contributed by atoms with E-state index in [1.54, 1.807) is 0 Å². The molecule has 2 rings (SSSR count). The first-order valence-electron chi connectivity index (χ1n) is 5.60. The van der Waals surface area contributed by atoms with Gasteiger partial charge < -0.3 is 9.80 Å². The van der Waals surface area contributed by atoms with Crippen LogP contribution in [-0.2, 0) is 0 Å². The first-order chi connectivity index (χ1) is 7.78. The Bertz CT molecular complexity index is 538. The fraction of sp³-hybridized carbons (Fsp3) is 0.636. The van der Waals surface area contributed by atoms with Gasteiger partial charge in [-0.1, -0.05) is 20.8 Å². The Morgan fingerprint density at radius 3 is 2.47 bits per heavy atom. The number of aromatic nitrogens is 2. The molecular weight excluding hydrogens is 220 g/mol. The highest BCUT2D eigenvalue weighted by Crippen LogP contribution is 2.30. The number of hydrogen-bond acceptors (Lipinski definition) is 4. The smallest absolute Gasteiger partial charge is 0.327 e. The van der Waals surface area contributed by atoms with Crippen LogP contribution in [0.2, 0.25) is 0 Å². The van der Waals surface area contributed by atoms with Crippen LogP contribution in [0, 0.1) is 5.41 Å². The van der Waals surface area contributed by atoms with E-state index in [-0.39, 0.29) is 11.0 Å². The zero-order valence-electron chi connectivity index (χ0n) is 10.6. The number of anilines is 2. The molecule has 17 heavy (non-hydrogen) atoms. The number of aromatic amines is 2. The maximum atomic E-state index is 11.8. The molecule has 2 N–H and O–H groups in total. The van der Waals surface area contributed by atoms with Gasteiger partial charge in [0.15, 0.2) is 0 Å². The molecule has 0 aromatic carbocycles. The molecule has 1 aliphatic heterocycles. The molecule has 1 aliphatic rings. The van der Waals surface area contributed by atoms with E-state index < -0.39 is 5.69 Å². The summed E-state index contributed by atoms with van der Waals surface area (Å²) in [5.41, 5.74) is -0.136. The van der Waals surface area contributed by atoms with Crippen molar-refractivity contribution in [2.24, 2.45) is 5.41 Å². The summed E-state index contributed by atoms with van der Waals surface area (Å²) < 4.78 is 0. The van der Waals surface area contributed by atoms with E-state index in [0.717, 1.165) is 6.54 Å². The van der Waals surface area contributed by atoms with E-state index in [1.165, 1.54) is 0 Å². The predicted molar refractivity (Wildman–Crippen MR) is 67.8 cm³/mol. The minimum Gasteiger partial charge on any atom is -0.346 e. The van der Waals surface area contributed by atoms with Crippen LogP contribution in [0.25, 0.3) is 0 Å². The van der Waals surface area contributed by atoms with Crippen LogP contribution in [-0.4, -0.2) is 30.2 Å². The molecule has 0 bridgehead atoms. The van der Waals surface area contributed by atoms with Gasteiger partial charge in [0, 0.05) is 13.6 Å². The van der Waals surface area contributed by atoms with E-state index in [2.05, 4.69) is 30.7 Å². The molecule has 0 atom stereocenters. The third-order valence-corrected chi connectivity index (χ3v) is 2.64. The first kappa shape index (κ1) is 11.8. The molecule has 0 amide bonds. The topological polar surface area (TPSA) is 72.2 Å². The molecule has 0 spiro atoms. The maximum absolute atomic E-state index is 11.8. The van der Waals surface area contributed by atoms with Crippen molar-refractivity contribution in [3.8, 4) is 0 Å². The minimum atomic E-state index is -0.460. The normalized spacial score (nSPS) is 15.3. The van der Waals surface area contributed by atoms with Gasteiger partial charge >= 0.3 is 5.69 Å². The Labute approximate surface area is 99.3 Å². The molecule has 0 unspecified atom stereocenters. The number of nitrogens with one attached hydrogen (secondary N) is 2. The van der Waals surface area contributed by atoms with Crippen LogP contribution in [0.3, 0.4) is 0 Å². The fourth-order valence-corrected chi connectivity index (χ4v) is 2.14. The van der Waals surface area contributed by atoms with Gasteiger partial charge in [-0.25, -0.2) is 4.79 Å². The van der Waals surface area contributed by atoms with Crippen molar-refractivity contribution in [1.82, 2.24) is 9.97 Å². The third kappa shape index (κ3) is 2.20. The van der Waals surface area contributed by atoms with Gasteiger partial charge in [-0.3, -0.25) is 14.8 Å². The molecule has 94 valence electrons. The lowest BCUT2D eigenvalue weighted by Gasteiger charge is -2.27. The summed E-state index contributed by atoms with van der Waals surface area (Å²) in [6.07, 6.45) is 0. The lowest BCUT2D eigenvalue weighted by atomic mass is 9.96. The molecule has 6 nitrogen and oxygen atoms in total. The molecule has 0 saturated heterocycles. The SMILES string of the molecule is CN1CN(CC(C)(C)C)c2c1[nH]c(=O)[nH]c2=O. The van der Waals surface area contributed by atoms with Crippen molar-refractivity contribution in [2.45, 2.75) is 20.8 Å². The van der Waals surface area contributed by atoms with Crippen molar-refractivity contribution in [2.75, 3.05) is 30.1 Å². The van der Waals surface area contributed by atoms with Crippen LogP contribution in [0.15, 0.2) is 9.59 Å². The quantitative estimate of drug-likeness (QED) is 0.739. The molecule has 0 radical (unpaired) electrons. The molecule has 0 fully saturated rings. The van der Waals surface area contributed by atoms with Crippen molar-refractivity contribution in [3.05, 3.63) is 20.8 Å². The molecule has 1 aromatic heterocycles. The Hall–Kier alpha value is -1.72. The Morgan fingerprint density at radius 1 is 1.24 bits per heavy atom. The summed E-state index contributed by atoms with van der Waals surface area (Å²) in [6, 6.07) is 0. The number of nitrogens with zero attached hydrogens (tertiary/aromatic N) is 2. The molecule has 1 aromatic rings. The molecular formula is C11H18N4O2. The molecule has 0 aliphatic carbocycles. The lowest BCUT2D eigenvalue weighted by molar-refractivity contribution is 0.413. The summed E-state index contributed by atoms with van der Waals surface area (Å²) in [4.78, 5) is 31.9. The summed E-state index contributed by atoms with van der Waals surface area (Å²) in [5.74, 6) is 0.600. The highest BCUT2D eigenvalue weighted by Gasteiger charge is 2.30. The second-order valence-corrected chi connectivity index (χ2v) is 5.70. The summed E-state index contributed by atoms with van der Waals surface area (Å²) in [7, 11) is 1.86. The van der Waals surface area contributed by atoms with Gasteiger partial charge in [0.1, 0.15) is 11.5 Å². The number of rotatable bonds is 1. The monoisotopic (exact) mass is 238 g/mol. The summed E-state index contributed by atoms with van der Waals surface area (Å²) >= 11 is 0. The highest BCUT2D eigenvalue weighted by atomic mass is 16.2. The fourth-order valence-electron chi connectivity index (χ4n) is 2.14. The highest BCUT2D eigenvalue weighted by molar-refractivity contribution is 5.70. The van der Waals surface area contributed by atoms with E-state index in [1.807, 2.05) is 16.8 Å². The molecule has 0 saturated carbocycles. The van der Waals surface area contributed by atoms with Gasteiger partial charge in [-0.15, -0.1) is 0 Å². The van der Waals surface area contributed by atoms with Crippen LogP contribution < -0.4 is 21.0 Å². The predicted octanol–water partition coefficient (Wildman–Crippen LogP) is 0.323. The van der Waals surface area contributed by atoms with Crippen LogP contribution >= 0.6 is 0 Å². The lowest BCUT2D eigenvalue weighted by Crippen LogP contribution is -2.37. The van der Waals surface area contributed by atoms with Gasteiger partial charge in [-0.05, 0) is 5.41 Å². The number of hydrogen-bond donors (Lipinski definition) is 2. The molecule has 2 heterocycles. The van der Waals surface area contributed by atoms with Gasteiger partial charge in [0.25, 0.3) is 5.56 Å². The van der Waals surface area contributed by atoms with Crippen LogP contribution in [0.5, 0.6) is 0 Å². The summed E-state index contributed by atoms with van der Waals surface area (Å²) in [6.45, 7) is 7.73. The first-order valence-corrected chi connectivity index (χ1v) is 5.60. The second-order valence-electron chi connectivity index (χ2n) is 5.70. The van der Waals surface area contributed by atoms with Crippen molar-refractivity contribution in [3.63, 3.8) is 0 Å². The maximum Gasteiger partial charge on any atom is 0.327 e. The number of fused-ring (bicyclic) bond motifs is 1. The van der Waals surface area contributed by atoms with Gasteiger partial charge in [-0.2, -0.15) is 0 Å². The average Bonchev–Trinajstić information content (AvgIpc) is 2.39. The van der Waals surface area contributed by atoms with Crippen LogP contribution in [0.4, 0.5) is 11.5 Å². The standard InChI is InChI=1S/C11H18N4O2/c1-11(2,3)5-15-6-14(4)8-7(15)9(16)13-10(17)12-8/h5-6H2,1-4H3,(H2,12,13,16,17). The largest absolute Gasteiger partial charge is 0.346 e. The van der Waals surface area contributed by atoms with Crippen molar-refractivity contribution >= 4 is 11.5 Å². The van der Waals surface area contributed by atoms with Gasteiger partial charge in [0.05, 0.1) is 6.67 Å². The van der Waals surface area contributed by atoms with E-state index >= 15 is 0 Å². The van der Waals surface area contributed by atoms with Gasteiger partial charge in [0.2, 0.25) is 0 Å². The zero-order chi connectivity index (χ0) is 12.8. The second kappa shape index (κ2) is 3.65.